The molecule has 0 aromatic heterocycles. The van der Waals surface area contributed by atoms with E-state index in [2.05, 4.69) is 47.6 Å². The minimum absolute atomic E-state index is 0.589. The summed E-state index contributed by atoms with van der Waals surface area (Å²) in [6.07, 6.45) is 16.0. The van der Waals surface area contributed by atoms with Gasteiger partial charge in [0.05, 0.1) is 0 Å². The van der Waals surface area contributed by atoms with Gasteiger partial charge in [-0.3, -0.25) is 0 Å². The molecule has 0 N–H and O–H groups in total. The summed E-state index contributed by atoms with van der Waals surface area (Å²) in [5, 5.41) is 0. The normalized spacial score (nSPS) is 55.1. The van der Waals surface area contributed by atoms with E-state index in [0.717, 1.165) is 29.6 Å². The van der Waals surface area contributed by atoms with E-state index in [0.29, 0.717) is 16.2 Å². The Balaban J connectivity index is 1.82. The molecule has 25 heavy (non-hydrogen) atoms. The molecule has 0 aromatic rings. The molecule has 3 fully saturated rings. The summed E-state index contributed by atoms with van der Waals surface area (Å²) in [5.41, 5.74) is 3.52. The third kappa shape index (κ3) is 2.45. The van der Waals surface area contributed by atoms with Crippen molar-refractivity contribution in [2.24, 2.45) is 45.8 Å². The zero-order valence-electron chi connectivity index (χ0n) is 17.8. The van der Waals surface area contributed by atoms with Gasteiger partial charge in [-0.15, -0.1) is 0 Å². The van der Waals surface area contributed by atoms with Gasteiger partial charge in [0.2, 0.25) is 0 Å². The molecule has 4 rings (SSSR count). The van der Waals surface area contributed by atoms with Crippen LogP contribution in [0.15, 0.2) is 11.6 Å². The Morgan fingerprint density at radius 3 is 2.20 bits per heavy atom. The second-order valence-electron chi connectivity index (χ2n) is 11.4. The maximum absolute atomic E-state index is 2.80. The highest BCUT2D eigenvalue weighted by Gasteiger charge is 2.68. The van der Waals surface area contributed by atoms with Crippen molar-refractivity contribution in [3.63, 3.8) is 0 Å². The lowest BCUT2D eigenvalue weighted by molar-refractivity contribution is 0.0617. The minimum atomic E-state index is 0.589. The van der Waals surface area contributed by atoms with Crippen LogP contribution >= 0.6 is 0 Å². The Morgan fingerprint density at radius 1 is 0.920 bits per heavy atom. The first-order chi connectivity index (χ1) is 11.8. The van der Waals surface area contributed by atoms with Crippen molar-refractivity contribution in [2.45, 2.75) is 99.3 Å². The molecule has 0 saturated heterocycles. The zero-order valence-corrected chi connectivity index (χ0v) is 17.8. The van der Waals surface area contributed by atoms with Gasteiger partial charge in [-0.2, -0.15) is 0 Å². The van der Waals surface area contributed by atoms with Gasteiger partial charge in [0.15, 0.2) is 0 Å². The monoisotopic (exact) mass is 342 g/mol. The van der Waals surface area contributed by atoms with E-state index in [1.807, 2.05) is 0 Å². The smallest absolute Gasteiger partial charge is 0.0137 e. The summed E-state index contributed by atoms with van der Waals surface area (Å²) in [5.74, 6) is 4.81. The summed E-state index contributed by atoms with van der Waals surface area (Å²) < 4.78 is 0. The average Bonchev–Trinajstić information content (AvgIpc) is 2.98. The Labute approximate surface area is 157 Å². The van der Waals surface area contributed by atoms with Crippen LogP contribution in [0.5, 0.6) is 0 Å². The molecule has 8 unspecified atom stereocenters. The van der Waals surface area contributed by atoms with E-state index in [4.69, 9.17) is 0 Å². The molecular formula is C25H42. The summed E-state index contributed by atoms with van der Waals surface area (Å²) in [4.78, 5) is 0. The number of hydrogen-bond donors (Lipinski definition) is 0. The lowest BCUT2D eigenvalue weighted by atomic mass is 9.60. The first-order valence-electron chi connectivity index (χ1n) is 11.5. The van der Waals surface area contributed by atoms with Crippen molar-refractivity contribution in [3.05, 3.63) is 11.6 Å². The first-order valence-corrected chi connectivity index (χ1v) is 11.5. The number of allylic oxidation sites excluding steroid dienone is 2. The molecule has 0 heteroatoms. The summed E-state index contributed by atoms with van der Waals surface area (Å²) >= 11 is 0. The van der Waals surface area contributed by atoms with E-state index in [9.17, 15) is 0 Å². The number of rotatable bonds is 2. The molecule has 3 saturated carbocycles. The number of fused-ring (bicyclic) bond motifs is 4. The molecule has 8 atom stereocenters. The molecule has 142 valence electrons. The zero-order chi connectivity index (χ0) is 18.0. The van der Waals surface area contributed by atoms with Crippen molar-refractivity contribution in [1.82, 2.24) is 0 Å². The molecule has 1 spiro atoms. The predicted octanol–water partition coefficient (Wildman–Crippen LogP) is 7.64. The third-order valence-corrected chi connectivity index (χ3v) is 10.1. The Bertz CT molecular complexity index is 558. The molecule has 0 bridgehead atoms. The van der Waals surface area contributed by atoms with Gasteiger partial charge < -0.3 is 0 Å². The minimum Gasteiger partial charge on any atom is -0.0816 e. The summed E-state index contributed by atoms with van der Waals surface area (Å²) in [6.45, 7) is 15.3. The van der Waals surface area contributed by atoms with Gasteiger partial charge in [0.1, 0.15) is 0 Å². The Kier molecular flexibility index (Phi) is 4.25. The maximum Gasteiger partial charge on any atom is -0.0137 e. The van der Waals surface area contributed by atoms with Crippen LogP contribution in [0.25, 0.3) is 0 Å². The fourth-order valence-corrected chi connectivity index (χ4v) is 8.62. The van der Waals surface area contributed by atoms with Crippen LogP contribution in [0.1, 0.15) is 99.3 Å². The number of hydrogen-bond acceptors (Lipinski definition) is 0. The second kappa shape index (κ2) is 5.87. The van der Waals surface area contributed by atoms with Gasteiger partial charge >= 0.3 is 0 Å². The average molecular weight is 343 g/mol. The van der Waals surface area contributed by atoms with Gasteiger partial charge in [-0.25, -0.2) is 0 Å². The molecule has 0 heterocycles. The highest BCUT2D eigenvalue weighted by Crippen LogP contribution is 2.75. The largest absolute Gasteiger partial charge is 0.0816 e. The molecule has 0 radical (unpaired) electrons. The Hall–Kier alpha value is -0.260. The third-order valence-electron chi connectivity index (χ3n) is 10.1. The van der Waals surface area contributed by atoms with E-state index >= 15 is 0 Å². The van der Waals surface area contributed by atoms with Gasteiger partial charge in [0.25, 0.3) is 0 Å². The summed E-state index contributed by atoms with van der Waals surface area (Å²) in [6, 6.07) is 0. The second-order valence-corrected chi connectivity index (χ2v) is 11.4. The van der Waals surface area contributed by atoms with Crippen LogP contribution in [0.4, 0.5) is 0 Å². The lowest BCUT2D eigenvalue weighted by Crippen LogP contribution is -2.37. The molecule has 0 aliphatic heterocycles. The van der Waals surface area contributed by atoms with Crippen LogP contribution < -0.4 is 0 Å². The molecule has 0 amide bonds. The lowest BCUT2D eigenvalue weighted by Gasteiger charge is -2.44. The van der Waals surface area contributed by atoms with E-state index in [1.54, 1.807) is 5.57 Å². The standard InChI is InChI=1S/C25H42/c1-7-23(5)15-25(21-13-17(3)9-11-19(21)23)16-24(6,8-2)20-12-10-18(4)14-22(20)25/h13,18-22H,7-12,14-16H2,1-6H3. The topological polar surface area (TPSA) is 0 Å². The van der Waals surface area contributed by atoms with Crippen molar-refractivity contribution in [2.75, 3.05) is 0 Å². The molecular weight excluding hydrogens is 300 g/mol. The maximum atomic E-state index is 2.80. The van der Waals surface area contributed by atoms with E-state index in [1.165, 1.54) is 57.8 Å². The highest BCUT2D eigenvalue weighted by atomic mass is 14.7. The van der Waals surface area contributed by atoms with Crippen LogP contribution in [0.2, 0.25) is 0 Å². The SMILES string of the molecule is CCC1(C)CC2(CC(C)(CC)C3CCC(C)CC32)C2C=C(C)CCC21. The van der Waals surface area contributed by atoms with Gasteiger partial charge in [-0.05, 0) is 91.3 Å². The summed E-state index contributed by atoms with van der Waals surface area (Å²) in [7, 11) is 0. The van der Waals surface area contributed by atoms with Crippen molar-refractivity contribution < 1.29 is 0 Å². The van der Waals surface area contributed by atoms with Crippen LogP contribution in [-0.4, -0.2) is 0 Å². The van der Waals surface area contributed by atoms with E-state index < -0.39 is 0 Å². The highest BCUT2D eigenvalue weighted by molar-refractivity contribution is 5.24. The molecule has 4 aliphatic carbocycles. The Morgan fingerprint density at radius 2 is 1.56 bits per heavy atom. The first kappa shape index (κ1) is 18.1. The van der Waals surface area contributed by atoms with Crippen molar-refractivity contribution >= 4 is 0 Å². The predicted molar refractivity (Wildman–Crippen MR) is 108 cm³/mol. The molecule has 0 aromatic carbocycles. The van der Waals surface area contributed by atoms with Crippen molar-refractivity contribution in [3.8, 4) is 0 Å². The quantitative estimate of drug-likeness (QED) is 0.452. The molecule has 0 nitrogen and oxygen atoms in total. The van der Waals surface area contributed by atoms with Crippen LogP contribution in [-0.2, 0) is 0 Å². The van der Waals surface area contributed by atoms with Crippen molar-refractivity contribution in [1.29, 1.82) is 0 Å². The van der Waals surface area contributed by atoms with E-state index in [-0.39, 0.29) is 0 Å². The van der Waals surface area contributed by atoms with Gasteiger partial charge in [0, 0.05) is 0 Å². The fourth-order valence-electron chi connectivity index (χ4n) is 8.62. The molecule has 4 aliphatic rings. The van der Waals surface area contributed by atoms with Crippen LogP contribution in [0, 0.1) is 45.8 Å². The van der Waals surface area contributed by atoms with Crippen LogP contribution in [0.3, 0.4) is 0 Å². The van der Waals surface area contributed by atoms with Gasteiger partial charge in [-0.1, -0.05) is 65.5 Å². The fraction of sp³-hybridized carbons (Fsp3) is 0.920.